The van der Waals surface area contributed by atoms with Crippen LogP contribution in [0.25, 0.3) is 0 Å². The van der Waals surface area contributed by atoms with Crippen molar-refractivity contribution in [3.63, 3.8) is 0 Å². The van der Waals surface area contributed by atoms with Crippen molar-refractivity contribution >= 4 is 0 Å². The van der Waals surface area contributed by atoms with Crippen molar-refractivity contribution < 1.29 is 4.74 Å². The topological polar surface area (TPSA) is 21.3 Å². The van der Waals surface area contributed by atoms with E-state index in [4.69, 9.17) is 4.74 Å². The van der Waals surface area contributed by atoms with Gasteiger partial charge in [-0.2, -0.15) is 0 Å². The third-order valence-corrected chi connectivity index (χ3v) is 4.13. The van der Waals surface area contributed by atoms with Crippen LogP contribution >= 0.6 is 0 Å². The summed E-state index contributed by atoms with van der Waals surface area (Å²) < 4.78 is 5.59. The Balaban J connectivity index is 1.66. The van der Waals surface area contributed by atoms with Crippen LogP contribution in [0.1, 0.15) is 52.4 Å². The molecule has 0 aromatic carbocycles. The van der Waals surface area contributed by atoms with Gasteiger partial charge in [0.2, 0.25) is 0 Å². The maximum Gasteiger partial charge on any atom is 0.0604 e. The Labute approximate surface area is 93.8 Å². The van der Waals surface area contributed by atoms with Crippen LogP contribution in [0.4, 0.5) is 0 Å². The molecule has 0 bridgehead atoms. The fourth-order valence-corrected chi connectivity index (χ4v) is 3.12. The summed E-state index contributed by atoms with van der Waals surface area (Å²) in [5, 5.41) is 3.82. The normalized spacial score (nSPS) is 40.4. The van der Waals surface area contributed by atoms with E-state index in [9.17, 15) is 0 Å². The van der Waals surface area contributed by atoms with Crippen molar-refractivity contribution in [3.8, 4) is 0 Å². The third-order valence-electron chi connectivity index (χ3n) is 4.13. The Morgan fingerprint density at radius 3 is 2.67 bits per heavy atom. The minimum atomic E-state index is 0.550. The lowest BCUT2D eigenvalue weighted by molar-refractivity contribution is -0.0134. The lowest BCUT2D eigenvalue weighted by Crippen LogP contribution is -2.50. The van der Waals surface area contributed by atoms with Crippen LogP contribution in [0.2, 0.25) is 0 Å². The highest BCUT2D eigenvalue weighted by atomic mass is 16.5. The van der Waals surface area contributed by atoms with Crippen LogP contribution in [0.5, 0.6) is 0 Å². The molecule has 2 saturated carbocycles. The second-order valence-electron chi connectivity index (χ2n) is 5.12. The molecule has 0 spiro atoms. The molecule has 0 amide bonds. The van der Waals surface area contributed by atoms with Crippen molar-refractivity contribution in [1.29, 1.82) is 0 Å². The molecule has 0 saturated heterocycles. The van der Waals surface area contributed by atoms with Gasteiger partial charge in [-0.1, -0.05) is 19.8 Å². The van der Waals surface area contributed by atoms with Crippen molar-refractivity contribution in [1.82, 2.24) is 5.32 Å². The van der Waals surface area contributed by atoms with E-state index in [1.54, 1.807) is 0 Å². The lowest BCUT2D eigenvalue weighted by atomic mass is 9.87. The maximum absolute atomic E-state index is 5.59. The molecule has 2 heteroatoms. The minimum Gasteiger partial charge on any atom is -0.378 e. The fourth-order valence-electron chi connectivity index (χ4n) is 3.12. The Kier molecular flexibility index (Phi) is 4.04. The Morgan fingerprint density at radius 1 is 1.20 bits per heavy atom. The van der Waals surface area contributed by atoms with Crippen LogP contribution in [-0.2, 0) is 4.74 Å². The number of hydrogen-bond donors (Lipinski definition) is 1. The standard InChI is InChI=1S/C13H25NO/c1-3-10-6-5-7-13(10)14-11-8-12(9-11)15-4-2/h10-14H,3-9H2,1-2H3. The van der Waals surface area contributed by atoms with Gasteiger partial charge >= 0.3 is 0 Å². The molecule has 2 atom stereocenters. The predicted molar refractivity (Wildman–Crippen MR) is 63.0 cm³/mol. The van der Waals surface area contributed by atoms with E-state index in [2.05, 4.69) is 19.2 Å². The molecule has 0 aromatic rings. The molecule has 15 heavy (non-hydrogen) atoms. The molecule has 0 aromatic heterocycles. The maximum atomic E-state index is 5.59. The highest BCUT2D eigenvalue weighted by Gasteiger charge is 2.34. The summed E-state index contributed by atoms with van der Waals surface area (Å²) in [7, 11) is 0. The Morgan fingerprint density at radius 2 is 2.00 bits per heavy atom. The average Bonchev–Trinajstić information content (AvgIpc) is 2.62. The van der Waals surface area contributed by atoms with E-state index in [-0.39, 0.29) is 0 Å². The number of hydrogen-bond acceptors (Lipinski definition) is 2. The van der Waals surface area contributed by atoms with E-state index in [1.165, 1.54) is 38.5 Å². The summed E-state index contributed by atoms with van der Waals surface area (Å²) in [6.07, 6.45) is 8.64. The fraction of sp³-hybridized carbons (Fsp3) is 1.00. The SMILES string of the molecule is CCOC1CC(NC2CCCC2CC)C1. The molecule has 0 aliphatic heterocycles. The summed E-state index contributed by atoms with van der Waals surface area (Å²) in [6.45, 7) is 5.29. The predicted octanol–water partition coefficient (Wildman–Crippen LogP) is 2.72. The summed E-state index contributed by atoms with van der Waals surface area (Å²) in [5.41, 5.74) is 0. The first-order valence-corrected chi connectivity index (χ1v) is 6.71. The molecule has 2 aliphatic rings. The first kappa shape index (κ1) is 11.4. The van der Waals surface area contributed by atoms with E-state index in [0.29, 0.717) is 6.10 Å². The number of ether oxygens (including phenoxy) is 1. The largest absolute Gasteiger partial charge is 0.378 e. The van der Waals surface area contributed by atoms with Gasteiger partial charge in [0.15, 0.2) is 0 Å². The molecular formula is C13H25NO. The number of nitrogens with one attached hydrogen (secondary N) is 1. The third kappa shape index (κ3) is 2.73. The van der Waals surface area contributed by atoms with Gasteiger partial charge in [0, 0.05) is 18.7 Å². The summed E-state index contributed by atoms with van der Waals surface area (Å²) >= 11 is 0. The van der Waals surface area contributed by atoms with Gasteiger partial charge < -0.3 is 10.1 Å². The molecule has 2 rings (SSSR count). The summed E-state index contributed by atoms with van der Waals surface area (Å²) in [4.78, 5) is 0. The number of rotatable bonds is 5. The Bertz CT molecular complexity index is 189. The van der Waals surface area contributed by atoms with E-state index in [0.717, 1.165) is 24.6 Å². The molecular weight excluding hydrogens is 186 g/mol. The molecule has 1 N–H and O–H groups in total. The average molecular weight is 211 g/mol. The van der Waals surface area contributed by atoms with Gasteiger partial charge in [0.1, 0.15) is 0 Å². The zero-order chi connectivity index (χ0) is 10.7. The van der Waals surface area contributed by atoms with Gasteiger partial charge in [0.05, 0.1) is 6.10 Å². The zero-order valence-electron chi connectivity index (χ0n) is 10.2. The monoisotopic (exact) mass is 211 g/mol. The molecule has 2 aliphatic carbocycles. The van der Waals surface area contributed by atoms with Gasteiger partial charge in [-0.25, -0.2) is 0 Å². The van der Waals surface area contributed by atoms with Crippen LogP contribution in [0, 0.1) is 5.92 Å². The van der Waals surface area contributed by atoms with Crippen LogP contribution in [-0.4, -0.2) is 24.8 Å². The van der Waals surface area contributed by atoms with Crippen molar-refractivity contribution in [2.75, 3.05) is 6.61 Å². The molecule has 2 nitrogen and oxygen atoms in total. The molecule has 0 heterocycles. The van der Waals surface area contributed by atoms with Gasteiger partial charge in [-0.15, -0.1) is 0 Å². The second kappa shape index (κ2) is 5.31. The van der Waals surface area contributed by atoms with Gasteiger partial charge in [-0.05, 0) is 38.5 Å². The van der Waals surface area contributed by atoms with Crippen molar-refractivity contribution in [2.24, 2.45) is 5.92 Å². The molecule has 0 radical (unpaired) electrons. The Hall–Kier alpha value is -0.0800. The van der Waals surface area contributed by atoms with Crippen LogP contribution < -0.4 is 5.32 Å². The van der Waals surface area contributed by atoms with Crippen LogP contribution in [0.15, 0.2) is 0 Å². The summed E-state index contributed by atoms with van der Waals surface area (Å²) in [6, 6.07) is 1.56. The zero-order valence-corrected chi connectivity index (χ0v) is 10.2. The van der Waals surface area contributed by atoms with Gasteiger partial charge in [-0.3, -0.25) is 0 Å². The molecule has 88 valence electrons. The first-order chi connectivity index (χ1) is 7.33. The summed E-state index contributed by atoms with van der Waals surface area (Å²) in [5.74, 6) is 0.941. The second-order valence-corrected chi connectivity index (χ2v) is 5.12. The highest BCUT2D eigenvalue weighted by molar-refractivity contribution is 4.92. The first-order valence-electron chi connectivity index (χ1n) is 6.71. The van der Waals surface area contributed by atoms with Crippen molar-refractivity contribution in [3.05, 3.63) is 0 Å². The van der Waals surface area contributed by atoms with Crippen molar-refractivity contribution in [2.45, 2.75) is 70.6 Å². The molecule has 2 fully saturated rings. The minimum absolute atomic E-state index is 0.550. The lowest BCUT2D eigenvalue weighted by Gasteiger charge is -2.38. The van der Waals surface area contributed by atoms with E-state index < -0.39 is 0 Å². The van der Waals surface area contributed by atoms with E-state index in [1.807, 2.05) is 0 Å². The smallest absolute Gasteiger partial charge is 0.0604 e. The molecule has 2 unspecified atom stereocenters. The van der Waals surface area contributed by atoms with E-state index >= 15 is 0 Å². The highest BCUT2D eigenvalue weighted by Crippen LogP contribution is 2.31. The quantitative estimate of drug-likeness (QED) is 0.755. The van der Waals surface area contributed by atoms with Crippen LogP contribution in [0.3, 0.4) is 0 Å². The van der Waals surface area contributed by atoms with Gasteiger partial charge in [0.25, 0.3) is 0 Å².